The quantitative estimate of drug-likeness (QED) is 0.912. The van der Waals surface area contributed by atoms with Gasteiger partial charge >= 0.3 is 0 Å². The first-order valence-electron chi connectivity index (χ1n) is 8.67. The molecule has 4 nitrogen and oxygen atoms in total. The average molecular weight is 321 g/mol. The molecule has 4 heteroatoms. The van der Waals surface area contributed by atoms with Crippen LogP contribution in [0.2, 0.25) is 0 Å². The molecule has 1 amide bonds. The van der Waals surface area contributed by atoms with Crippen molar-refractivity contribution in [2.24, 2.45) is 5.41 Å². The van der Waals surface area contributed by atoms with Gasteiger partial charge in [-0.05, 0) is 42.5 Å². The summed E-state index contributed by atoms with van der Waals surface area (Å²) in [5, 5.41) is 6.74. The number of amides is 1. The van der Waals surface area contributed by atoms with Gasteiger partial charge in [0.15, 0.2) is 0 Å². The van der Waals surface area contributed by atoms with Crippen LogP contribution in [0.5, 0.6) is 0 Å². The topological polar surface area (TPSA) is 44.4 Å². The number of nitrogens with zero attached hydrogens (tertiary/aromatic N) is 1. The standard InChI is InChI=1S/C20H23N3O/c24-19(23-12-10-20(11-13-23)14-21-15-20)17-8-4-5-9-18(17)22-16-6-2-1-3-7-16/h1-9,21-22H,10-15H2. The number of carbonyl (C=O) groups is 1. The highest BCUT2D eigenvalue weighted by Crippen LogP contribution is 2.35. The van der Waals surface area contributed by atoms with Gasteiger partial charge in [0.25, 0.3) is 5.91 Å². The lowest BCUT2D eigenvalue weighted by molar-refractivity contribution is 0.0415. The molecule has 24 heavy (non-hydrogen) atoms. The highest BCUT2D eigenvalue weighted by molar-refractivity contribution is 6.00. The Bertz CT molecular complexity index is 715. The normalized spacial score (nSPS) is 18.9. The molecule has 2 heterocycles. The highest BCUT2D eigenvalue weighted by atomic mass is 16.2. The molecule has 0 atom stereocenters. The van der Waals surface area contributed by atoms with Crippen molar-refractivity contribution in [2.45, 2.75) is 12.8 Å². The minimum Gasteiger partial charge on any atom is -0.355 e. The van der Waals surface area contributed by atoms with Crippen molar-refractivity contribution in [3.63, 3.8) is 0 Å². The molecule has 0 aromatic heterocycles. The van der Waals surface area contributed by atoms with Gasteiger partial charge in [0, 0.05) is 31.9 Å². The molecule has 4 rings (SSSR count). The summed E-state index contributed by atoms with van der Waals surface area (Å²) < 4.78 is 0. The average Bonchev–Trinajstić information content (AvgIpc) is 2.61. The van der Waals surface area contributed by atoms with E-state index in [1.165, 1.54) is 0 Å². The molecule has 2 aliphatic rings. The van der Waals surface area contributed by atoms with E-state index in [-0.39, 0.29) is 5.91 Å². The summed E-state index contributed by atoms with van der Waals surface area (Å²) in [5.74, 6) is 0.135. The summed E-state index contributed by atoms with van der Waals surface area (Å²) >= 11 is 0. The van der Waals surface area contributed by atoms with E-state index in [0.29, 0.717) is 5.41 Å². The van der Waals surface area contributed by atoms with E-state index in [1.54, 1.807) is 0 Å². The molecule has 2 saturated heterocycles. The number of likely N-dealkylation sites (tertiary alicyclic amines) is 1. The Morgan fingerprint density at radius 1 is 0.958 bits per heavy atom. The van der Waals surface area contributed by atoms with Crippen LogP contribution in [0, 0.1) is 5.41 Å². The first kappa shape index (κ1) is 15.2. The molecular formula is C20H23N3O. The molecule has 0 unspecified atom stereocenters. The fourth-order valence-corrected chi connectivity index (χ4v) is 3.64. The number of carbonyl (C=O) groups excluding carboxylic acids is 1. The Kier molecular flexibility index (Phi) is 3.98. The predicted octanol–water partition coefficient (Wildman–Crippen LogP) is 3.26. The van der Waals surface area contributed by atoms with Crippen LogP contribution in [0.4, 0.5) is 11.4 Å². The molecule has 0 bridgehead atoms. The number of hydrogen-bond donors (Lipinski definition) is 2. The number of piperidine rings is 1. The Morgan fingerprint density at radius 3 is 2.29 bits per heavy atom. The summed E-state index contributed by atoms with van der Waals surface area (Å²) in [6.07, 6.45) is 2.22. The lowest BCUT2D eigenvalue weighted by Gasteiger charge is -2.48. The Balaban J connectivity index is 1.50. The van der Waals surface area contributed by atoms with E-state index in [2.05, 4.69) is 10.6 Å². The van der Waals surface area contributed by atoms with Crippen molar-refractivity contribution in [1.29, 1.82) is 0 Å². The second kappa shape index (κ2) is 6.29. The predicted molar refractivity (Wildman–Crippen MR) is 96.6 cm³/mol. The number of nitrogens with one attached hydrogen (secondary N) is 2. The lowest BCUT2D eigenvalue weighted by Crippen LogP contribution is -2.58. The lowest BCUT2D eigenvalue weighted by atomic mass is 9.73. The zero-order valence-electron chi connectivity index (χ0n) is 13.8. The monoisotopic (exact) mass is 321 g/mol. The van der Waals surface area contributed by atoms with Crippen molar-refractivity contribution in [3.05, 3.63) is 60.2 Å². The first-order chi connectivity index (χ1) is 11.8. The number of anilines is 2. The van der Waals surface area contributed by atoms with Crippen molar-refractivity contribution in [1.82, 2.24) is 10.2 Å². The van der Waals surface area contributed by atoms with E-state index in [0.717, 1.165) is 56.0 Å². The van der Waals surface area contributed by atoms with Gasteiger partial charge in [-0.2, -0.15) is 0 Å². The van der Waals surface area contributed by atoms with Crippen molar-refractivity contribution in [2.75, 3.05) is 31.5 Å². The summed E-state index contributed by atoms with van der Waals surface area (Å²) in [5.41, 5.74) is 3.08. The second-order valence-corrected chi connectivity index (χ2v) is 6.93. The molecule has 1 spiro atoms. The number of hydrogen-bond acceptors (Lipinski definition) is 3. The third-order valence-corrected chi connectivity index (χ3v) is 5.32. The van der Waals surface area contributed by atoms with Crippen molar-refractivity contribution < 1.29 is 4.79 Å². The summed E-state index contributed by atoms with van der Waals surface area (Å²) in [4.78, 5) is 15.0. The van der Waals surface area contributed by atoms with E-state index in [1.807, 2.05) is 59.5 Å². The maximum Gasteiger partial charge on any atom is 0.255 e. The molecule has 2 fully saturated rings. The fourth-order valence-electron chi connectivity index (χ4n) is 3.64. The van der Waals surface area contributed by atoms with Gasteiger partial charge in [-0.1, -0.05) is 30.3 Å². The highest BCUT2D eigenvalue weighted by Gasteiger charge is 2.40. The van der Waals surface area contributed by atoms with Crippen molar-refractivity contribution >= 4 is 17.3 Å². The van der Waals surface area contributed by atoms with E-state index < -0.39 is 0 Å². The summed E-state index contributed by atoms with van der Waals surface area (Å²) in [6.45, 7) is 3.95. The van der Waals surface area contributed by atoms with E-state index in [9.17, 15) is 4.79 Å². The SMILES string of the molecule is O=C(c1ccccc1Nc1ccccc1)N1CCC2(CC1)CNC2. The van der Waals surface area contributed by atoms with Crippen LogP contribution in [0.1, 0.15) is 23.2 Å². The third-order valence-electron chi connectivity index (χ3n) is 5.32. The second-order valence-electron chi connectivity index (χ2n) is 6.93. The van der Waals surface area contributed by atoms with Gasteiger partial charge < -0.3 is 15.5 Å². The van der Waals surface area contributed by atoms with Crippen LogP contribution >= 0.6 is 0 Å². The number of para-hydroxylation sites is 2. The maximum atomic E-state index is 13.0. The molecule has 0 radical (unpaired) electrons. The van der Waals surface area contributed by atoms with Crippen LogP contribution in [0.15, 0.2) is 54.6 Å². The molecule has 2 aromatic carbocycles. The number of rotatable bonds is 3. The minimum atomic E-state index is 0.135. The van der Waals surface area contributed by atoms with Crippen LogP contribution in [0.3, 0.4) is 0 Å². The van der Waals surface area contributed by atoms with Crippen LogP contribution in [-0.2, 0) is 0 Å². The van der Waals surface area contributed by atoms with Gasteiger partial charge in [0.05, 0.1) is 11.3 Å². The summed E-state index contributed by atoms with van der Waals surface area (Å²) in [7, 11) is 0. The fraction of sp³-hybridized carbons (Fsp3) is 0.350. The maximum absolute atomic E-state index is 13.0. The minimum absolute atomic E-state index is 0.135. The third kappa shape index (κ3) is 2.89. The molecule has 0 saturated carbocycles. The molecule has 2 N–H and O–H groups in total. The molecule has 2 aliphatic heterocycles. The Labute approximate surface area is 142 Å². The Morgan fingerprint density at radius 2 is 1.62 bits per heavy atom. The van der Waals surface area contributed by atoms with Gasteiger partial charge in [0.2, 0.25) is 0 Å². The number of benzene rings is 2. The van der Waals surface area contributed by atoms with Crippen LogP contribution in [0.25, 0.3) is 0 Å². The van der Waals surface area contributed by atoms with Crippen molar-refractivity contribution in [3.8, 4) is 0 Å². The smallest absolute Gasteiger partial charge is 0.255 e. The van der Waals surface area contributed by atoms with E-state index >= 15 is 0 Å². The first-order valence-corrected chi connectivity index (χ1v) is 8.67. The van der Waals surface area contributed by atoms with Gasteiger partial charge in [-0.3, -0.25) is 4.79 Å². The molecule has 124 valence electrons. The zero-order valence-corrected chi connectivity index (χ0v) is 13.8. The largest absolute Gasteiger partial charge is 0.355 e. The Hall–Kier alpha value is -2.33. The van der Waals surface area contributed by atoms with Crippen LogP contribution in [-0.4, -0.2) is 37.0 Å². The molecular weight excluding hydrogens is 298 g/mol. The zero-order chi connectivity index (χ0) is 16.4. The molecule has 2 aromatic rings. The summed E-state index contributed by atoms with van der Waals surface area (Å²) in [6, 6.07) is 17.8. The molecule has 0 aliphatic carbocycles. The van der Waals surface area contributed by atoms with Crippen LogP contribution < -0.4 is 10.6 Å². The van der Waals surface area contributed by atoms with Gasteiger partial charge in [-0.15, -0.1) is 0 Å². The van der Waals surface area contributed by atoms with E-state index in [4.69, 9.17) is 0 Å². The van der Waals surface area contributed by atoms with Gasteiger partial charge in [0.1, 0.15) is 0 Å². The van der Waals surface area contributed by atoms with Gasteiger partial charge in [-0.25, -0.2) is 0 Å².